The fourth-order valence-corrected chi connectivity index (χ4v) is 2.11. The van der Waals surface area contributed by atoms with E-state index in [0.29, 0.717) is 17.9 Å². The predicted molar refractivity (Wildman–Crippen MR) is 77.8 cm³/mol. The quantitative estimate of drug-likeness (QED) is 0.853. The Balaban J connectivity index is 2.68. The van der Waals surface area contributed by atoms with Crippen molar-refractivity contribution in [3.8, 4) is 17.2 Å². The molecule has 0 saturated heterocycles. The highest BCUT2D eigenvalue weighted by atomic mass is 16.5. The Morgan fingerprint density at radius 2 is 2.05 bits per heavy atom. The van der Waals surface area contributed by atoms with E-state index >= 15 is 0 Å². The van der Waals surface area contributed by atoms with Gasteiger partial charge in [-0.05, 0) is 18.6 Å². The van der Waals surface area contributed by atoms with Gasteiger partial charge in [-0.15, -0.1) is 0 Å². The van der Waals surface area contributed by atoms with Gasteiger partial charge >= 0.3 is 0 Å². The number of benzene rings is 1. The third-order valence-corrected chi connectivity index (χ3v) is 3.24. The molecule has 0 unspecified atom stereocenters. The van der Waals surface area contributed by atoms with E-state index in [1.165, 1.54) is 11.7 Å². The number of nitrogens with zero attached hydrogens (tertiary/aromatic N) is 1. The summed E-state index contributed by atoms with van der Waals surface area (Å²) in [4.78, 5) is 12.3. The molecule has 1 aromatic carbocycles. The van der Waals surface area contributed by atoms with Gasteiger partial charge in [0.1, 0.15) is 5.75 Å². The van der Waals surface area contributed by atoms with Gasteiger partial charge in [-0.1, -0.05) is 13.3 Å². The molecule has 20 heavy (non-hydrogen) atoms. The van der Waals surface area contributed by atoms with Gasteiger partial charge in [-0.3, -0.25) is 4.79 Å². The molecule has 0 aliphatic rings. The van der Waals surface area contributed by atoms with Crippen LogP contribution in [-0.2, 0) is 7.05 Å². The molecule has 0 fully saturated rings. The number of fused-ring (bicyclic) bond motifs is 1. The third kappa shape index (κ3) is 2.43. The molecule has 2 aromatic rings. The Labute approximate surface area is 117 Å². The van der Waals surface area contributed by atoms with E-state index in [-0.39, 0.29) is 17.1 Å². The smallest absolute Gasteiger partial charge is 0.297 e. The van der Waals surface area contributed by atoms with Crippen molar-refractivity contribution in [1.29, 1.82) is 0 Å². The van der Waals surface area contributed by atoms with E-state index in [0.717, 1.165) is 18.2 Å². The molecule has 5 nitrogen and oxygen atoms in total. The molecule has 1 heterocycles. The lowest BCUT2D eigenvalue weighted by molar-refractivity contribution is 0.289. The van der Waals surface area contributed by atoms with Crippen LogP contribution >= 0.6 is 0 Å². The van der Waals surface area contributed by atoms with Crippen LogP contribution in [0.15, 0.2) is 23.0 Å². The van der Waals surface area contributed by atoms with Crippen molar-refractivity contribution in [3.05, 3.63) is 28.6 Å². The van der Waals surface area contributed by atoms with Gasteiger partial charge in [0.15, 0.2) is 5.75 Å². The Hall–Kier alpha value is -2.17. The summed E-state index contributed by atoms with van der Waals surface area (Å²) < 4.78 is 12.4. The van der Waals surface area contributed by atoms with Crippen molar-refractivity contribution in [2.75, 3.05) is 13.7 Å². The van der Waals surface area contributed by atoms with Crippen LogP contribution in [0.3, 0.4) is 0 Å². The number of aromatic nitrogens is 1. The molecule has 5 heteroatoms. The van der Waals surface area contributed by atoms with Crippen molar-refractivity contribution in [3.63, 3.8) is 0 Å². The molecule has 0 aliphatic heterocycles. The minimum absolute atomic E-state index is 0.108. The number of pyridine rings is 1. The summed E-state index contributed by atoms with van der Waals surface area (Å²) in [5.74, 6) is 0.748. The van der Waals surface area contributed by atoms with Crippen LogP contribution in [0.4, 0.5) is 0 Å². The van der Waals surface area contributed by atoms with E-state index in [9.17, 15) is 9.90 Å². The van der Waals surface area contributed by atoms with E-state index in [1.54, 1.807) is 25.2 Å². The fourth-order valence-electron chi connectivity index (χ4n) is 2.11. The van der Waals surface area contributed by atoms with Crippen LogP contribution in [0.25, 0.3) is 10.9 Å². The van der Waals surface area contributed by atoms with Crippen LogP contribution in [0, 0.1) is 0 Å². The van der Waals surface area contributed by atoms with Crippen LogP contribution in [0.5, 0.6) is 17.2 Å². The first-order valence-corrected chi connectivity index (χ1v) is 6.62. The second-order valence-corrected chi connectivity index (χ2v) is 4.63. The molecule has 0 spiro atoms. The summed E-state index contributed by atoms with van der Waals surface area (Å²) in [5.41, 5.74) is 0.333. The first kappa shape index (κ1) is 14.2. The molecular formula is C15H19NO4. The second-order valence-electron chi connectivity index (χ2n) is 4.63. The maximum Gasteiger partial charge on any atom is 0.297 e. The average Bonchev–Trinajstić information content (AvgIpc) is 2.44. The topological polar surface area (TPSA) is 60.7 Å². The molecule has 2 rings (SSSR count). The molecule has 1 aromatic heterocycles. The largest absolute Gasteiger partial charge is 0.508 e. The van der Waals surface area contributed by atoms with Gasteiger partial charge in [0.25, 0.3) is 5.56 Å². The Morgan fingerprint density at radius 3 is 2.70 bits per heavy atom. The van der Waals surface area contributed by atoms with E-state index in [2.05, 4.69) is 6.92 Å². The predicted octanol–water partition coefficient (Wildman–Crippen LogP) is 2.43. The lowest BCUT2D eigenvalue weighted by Gasteiger charge is -2.15. The first-order valence-electron chi connectivity index (χ1n) is 6.62. The molecule has 1 N–H and O–H groups in total. The van der Waals surface area contributed by atoms with Crippen LogP contribution in [0.1, 0.15) is 19.8 Å². The Morgan fingerprint density at radius 1 is 1.30 bits per heavy atom. The molecule has 0 atom stereocenters. The van der Waals surface area contributed by atoms with Crippen LogP contribution < -0.4 is 15.0 Å². The number of hydrogen-bond donors (Lipinski definition) is 1. The van der Waals surface area contributed by atoms with Crippen molar-refractivity contribution < 1.29 is 14.6 Å². The van der Waals surface area contributed by atoms with Gasteiger partial charge in [0.05, 0.1) is 19.2 Å². The van der Waals surface area contributed by atoms with Crippen molar-refractivity contribution in [2.24, 2.45) is 7.05 Å². The summed E-state index contributed by atoms with van der Waals surface area (Å²) >= 11 is 0. The first-order chi connectivity index (χ1) is 9.60. The lowest BCUT2D eigenvalue weighted by atomic mass is 10.1. The maximum atomic E-state index is 12.3. The molecule has 108 valence electrons. The van der Waals surface area contributed by atoms with E-state index < -0.39 is 0 Å². The normalized spacial score (nSPS) is 10.8. The maximum absolute atomic E-state index is 12.3. The number of hydrogen-bond acceptors (Lipinski definition) is 4. The monoisotopic (exact) mass is 277 g/mol. The number of methoxy groups -OCH3 is 1. The Kier molecular flexibility index (Phi) is 4.17. The number of aromatic hydroxyl groups is 1. The van der Waals surface area contributed by atoms with Crippen LogP contribution in [0.2, 0.25) is 0 Å². The second kappa shape index (κ2) is 5.86. The zero-order chi connectivity index (χ0) is 14.7. The van der Waals surface area contributed by atoms with Gasteiger partial charge in [-0.25, -0.2) is 0 Å². The van der Waals surface area contributed by atoms with Gasteiger partial charge in [-0.2, -0.15) is 0 Å². The number of rotatable bonds is 5. The van der Waals surface area contributed by atoms with Gasteiger partial charge in [0.2, 0.25) is 5.75 Å². The molecule has 0 radical (unpaired) electrons. The SMILES string of the molecule is CCCCOc1c(OC)c(=O)n(C)c2cc(O)ccc12. The Bertz CT molecular complexity index is 676. The van der Waals surface area contributed by atoms with Crippen molar-refractivity contribution >= 4 is 10.9 Å². The van der Waals surface area contributed by atoms with Crippen LogP contribution in [-0.4, -0.2) is 23.4 Å². The molecule has 0 bridgehead atoms. The minimum Gasteiger partial charge on any atom is -0.508 e. The lowest BCUT2D eigenvalue weighted by Crippen LogP contribution is -2.20. The highest BCUT2D eigenvalue weighted by Crippen LogP contribution is 2.33. The van der Waals surface area contributed by atoms with Crippen molar-refractivity contribution in [2.45, 2.75) is 19.8 Å². The molecule has 0 aliphatic carbocycles. The third-order valence-electron chi connectivity index (χ3n) is 3.24. The average molecular weight is 277 g/mol. The van der Waals surface area contributed by atoms with E-state index in [1.807, 2.05) is 0 Å². The summed E-state index contributed by atoms with van der Waals surface area (Å²) in [7, 11) is 3.10. The summed E-state index contributed by atoms with van der Waals surface area (Å²) in [5, 5.41) is 10.3. The number of phenolic OH excluding ortho intramolecular Hbond substituents is 1. The molecular weight excluding hydrogens is 258 g/mol. The zero-order valence-electron chi connectivity index (χ0n) is 12.0. The highest BCUT2D eigenvalue weighted by molar-refractivity contribution is 5.88. The van der Waals surface area contributed by atoms with E-state index in [4.69, 9.17) is 9.47 Å². The number of ether oxygens (including phenoxy) is 2. The standard InChI is InChI=1S/C15H19NO4/c1-4-5-8-20-13-11-7-6-10(17)9-12(11)16(2)15(18)14(13)19-3/h6-7,9,17H,4-5,8H2,1-3H3. The number of unbranched alkanes of at least 4 members (excludes halogenated alkanes) is 1. The highest BCUT2D eigenvalue weighted by Gasteiger charge is 2.17. The van der Waals surface area contributed by atoms with Gasteiger partial charge < -0.3 is 19.1 Å². The fraction of sp³-hybridized carbons (Fsp3) is 0.400. The minimum atomic E-state index is -0.280. The summed E-state index contributed by atoms with van der Waals surface area (Å²) in [6.07, 6.45) is 1.91. The zero-order valence-corrected chi connectivity index (χ0v) is 12.0. The van der Waals surface area contributed by atoms with Gasteiger partial charge in [0, 0.05) is 18.5 Å². The molecule has 0 saturated carbocycles. The summed E-state index contributed by atoms with van der Waals surface area (Å²) in [6, 6.07) is 4.84. The molecule has 0 amide bonds. The summed E-state index contributed by atoms with van der Waals surface area (Å²) in [6.45, 7) is 2.59. The number of phenols is 1. The van der Waals surface area contributed by atoms with Crippen molar-refractivity contribution in [1.82, 2.24) is 4.57 Å². The number of aryl methyl sites for hydroxylation is 1.